The third-order valence-electron chi connectivity index (χ3n) is 3.50. The van der Waals surface area contributed by atoms with Crippen molar-refractivity contribution in [2.45, 2.75) is 45.8 Å². The van der Waals surface area contributed by atoms with Crippen molar-refractivity contribution in [3.63, 3.8) is 0 Å². The van der Waals surface area contributed by atoms with Crippen molar-refractivity contribution in [3.05, 3.63) is 29.8 Å². The van der Waals surface area contributed by atoms with Crippen LogP contribution in [0.5, 0.6) is 0 Å². The van der Waals surface area contributed by atoms with Crippen molar-refractivity contribution >= 4 is 12.9 Å². The molecule has 1 aromatic rings. The molecule has 0 radical (unpaired) electrons. The Hall–Kier alpha value is -0.630. The number of benzene rings is 1. The van der Waals surface area contributed by atoms with Crippen molar-refractivity contribution in [2.75, 3.05) is 0 Å². The average molecular weight is 254 g/mol. The highest BCUT2D eigenvalue weighted by atomic mass is 31.2. The lowest BCUT2D eigenvalue weighted by Gasteiger charge is -2.29. The quantitative estimate of drug-likeness (QED) is 0.720. The van der Waals surface area contributed by atoms with Crippen LogP contribution in [-0.2, 0) is 13.6 Å². The summed E-state index contributed by atoms with van der Waals surface area (Å²) in [4.78, 5) is 0. The Balaban J connectivity index is 2.41. The van der Waals surface area contributed by atoms with Crippen LogP contribution in [0.2, 0.25) is 0 Å². The van der Waals surface area contributed by atoms with E-state index in [0.29, 0.717) is 5.30 Å². The van der Waals surface area contributed by atoms with Crippen LogP contribution >= 0.6 is 7.60 Å². The molecule has 1 heterocycles. The van der Waals surface area contributed by atoms with E-state index >= 15 is 0 Å². The van der Waals surface area contributed by atoms with E-state index in [2.05, 4.69) is 0 Å². The molecule has 1 saturated heterocycles. The molecule has 0 unspecified atom stereocenters. The molecular formula is C13H19O3P. The molecule has 0 atom stereocenters. The zero-order chi connectivity index (χ0) is 12.9. The van der Waals surface area contributed by atoms with E-state index in [4.69, 9.17) is 9.05 Å². The van der Waals surface area contributed by atoms with Gasteiger partial charge in [0.1, 0.15) is 11.2 Å². The predicted molar refractivity (Wildman–Crippen MR) is 68.7 cm³/mol. The molecule has 1 aromatic carbocycles. The molecule has 4 heteroatoms. The van der Waals surface area contributed by atoms with Gasteiger partial charge in [0.15, 0.2) is 0 Å². The molecule has 0 N–H and O–H groups in total. The van der Waals surface area contributed by atoms with Crippen molar-refractivity contribution in [1.82, 2.24) is 0 Å². The lowest BCUT2D eigenvalue weighted by molar-refractivity contribution is 0.00578. The molecule has 1 aliphatic rings. The SMILES string of the molecule is Cc1ccc(P2(=O)OC(C)(C)C(C)(C)O2)cc1. The van der Waals surface area contributed by atoms with E-state index in [-0.39, 0.29) is 0 Å². The van der Waals surface area contributed by atoms with Crippen LogP contribution in [0.4, 0.5) is 0 Å². The first-order valence-electron chi connectivity index (χ1n) is 5.75. The number of hydrogen-bond donors (Lipinski definition) is 0. The Morgan fingerprint density at radius 3 is 1.76 bits per heavy atom. The third kappa shape index (κ3) is 2.08. The van der Waals surface area contributed by atoms with Gasteiger partial charge in [0, 0.05) is 0 Å². The highest BCUT2D eigenvalue weighted by Gasteiger charge is 2.55. The van der Waals surface area contributed by atoms with E-state index in [1.165, 1.54) is 0 Å². The molecule has 0 aliphatic carbocycles. The lowest BCUT2D eigenvalue weighted by Crippen LogP contribution is -2.41. The summed E-state index contributed by atoms with van der Waals surface area (Å²) in [6.07, 6.45) is 0. The van der Waals surface area contributed by atoms with Gasteiger partial charge in [0.2, 0.25) is 0 Å². The van der Waals surface area contributed by atoms with Gasteiger partial charge in [0.05, 0.1) is 5.30 Å². The second-order valence-corrected chi connectivity index (χ2v) is 7.41. The van der Waals surface area contributed by atoms with Gasteiger partial charge in [-0.3, -0.25) is 13.6 Å². The number of hydrogen-bond acceptors (Lipinski definition) is 3. The van der Waals surface area contributed by atoms with Crippen LogP contribution < -0.4 is 5.30 Å². The average Bonchev–Trinajstić information content (AvgIpc) is 2.32. The second kappa shape index (κ2) is 3.68. The molecule has 0 spiro atoms. The van der Waals surface area contributed by atoms with Gasteiger partial charge in [-0.25, -0.2) is 0 Å². The molecule has 3 nitrogen and oxygen atoms in total. The van der Waals surface area contributed by atoms with Gasteiger partial charge >= 0.3 is 7.60 Å². The molecule has 0 bridgehead atoms. The summed E-state index contributed by atoms with van der Waals surface area (Å²) in [5.74, 6) is 0. The monoisotopic (exact) mass is 254 g/mol. The summed E-state index contributed by atoms with van der Waals surface area (Å²) in [5.41, 5.74) is -0.000968. The van der Waals surface area contributed by atoms with Gasteiger partial charge in [0.25, 0.3) is 0 Å². The van der Waals surface area contributed by atoms with Gasteiger partial charge in [-0.15, -0.1) is 0 Å². The number of aryl methyl sites for hydroxylation is 1. The van der Waals surface area contributed by atoms with Crippen LogP contribution in [0.25, 0.3) is 0 Å². The van der Waals surface area contributed by atoms with Crippen molar-refractivity contribution in [1.29, 1.82) is 0 Å². The van der Waals surface area contributed by atoms with E-state index in [9.17, 15) is 4.57 Å². The minimum Gasteiger partial charge on any atom is -0.296 e. The fraction of sp³-hybridized carbons (Fsp3) is 0.538. The fourth-order valence-electron chi connectivity index (χ4n) is 1.67. The fourth-order valence-corrected chi connectivity index (χ4v) is 4.08. The molecular weight excluding hydrogens is 235 g/mol. The summed E-state index contributed by atoms with van der Waals surface area (Å²) in [6, 6.07) is 7.46. The van der Waals surface area contributed by atoms with Crippen molar-refractivity contribution in [3.8, 4) is 0 Å². The second-order valence-electron chi connectivity index (χ2n) is 5.54. The highest BCUT2D eigenvalue weighted by Crippen LogP contribution is 2.62. The first-order chi connectivity index (χ1) is 7.66. The standard InChI is InChI=1S/C13H19O3P/c1-10-6-8-11(9-7-10)17(14)15-12(2,3)13(4,5)16-17/h6-9H,1-5H3. The smallest absolute Gasteiger partial charge is 0.296 e. The molecule has 0 aromatic heterocycles. The third-order valence-corrected chi connectivity index (χ3v) is 5.82. The predicted octanol–water partition coefficient (Wildman–Crippen LogP) is 3.42. The molecule has 17 heavy (non-hydrogen) atoms. The zero-order valence-electron chi connectivity index (χ0n) is 11.0. The maximum atomic E-state index is 12.7. The number of rotatable bonds is 1. The molecule has 0 amide bonds. The lowest BCUT2D eigenvalue weighted by atomic mass is 9.90. The van der Waals surface area contributed by atoms with Crippen LogP contribution in [0.3, 0.4) is 0 Å². The Labute approximate surface area is 103 Å². The molecule has 0 saturated carbocycles. The minimum atomic E-state index is -3.19. The van der Waals surface area contributed by atoms with E-state index < -0.39 is 18.8 Å². The largest absolute Gasteiger partial charge is 0.362 e. The molecule has 1 aliphatic heterocycles. The topological polar surface area (TPSA) is 35.5 Å². The Morgan fingerprint density at radius 1 is 0.941 bits per heavy atom. The summed E-state index contributed by atoms with van der Waals surface area (Å²) in [7, 11) is -3.19. The van der Waals surface area contributed by atoms with Gasteiger partial charge in [-0.1, -0.05) is 17.7 Å². The molecule has 94 valence electrons. The first kappa shape index (κ1) is 12.8. The Kier molecular flexibility index (Phi) is 2.77. The summed E-state index contributed by atoms with van der Waals surface area (Å²) < 4.78 is 24.1. The normalized spacial score (nSPS) is 24.8. The van der Waals surface area contributed by atoms with Crippen LogP contribution in [0.1, 0.15) is 33.3 Å². The van der Waals surface area contributed by atoms with Gasteiger partial charge in [-0.05, 0) is 46.8 Å². The Morgan fingerprint density at radius 2 is 1.35 bits per heavy atom. The first-order valence-corrected chi connectivity index (χ1v) is 7.29. The summed E-state index contributed by atoms with van der Waals surface area (Å²) in [6.45, 7) is 9.60. The molecule has 1 fully saturated rings. The Bertz CT molecular complexity index is 454. The van der Waals surface area contributed by atoms with Gasteiger partial charge < -0.3 is 0 Å². The van der Waals surface area contributed by atoms with Crippen molar-refractivity contribution < 1.29 is 13.6 Å². The van der Waals surface area contributed by atoms with Crippen LogP contribution in [0.15, 0.2) is 24.3 Å². The summed E-state index contributed by atoms with van der Waals surface area (Å²) in [5, 5.41) is 0.627. The van der Waals surface area contributed by atoms with Crippen LogP contribution in [-0.4, -0.2) is 11.2 Å². The van der Waals surface area contributed by atoms with Crippen molar-refractivity contribution in [2.24, 2.45) is 0 Å². The van der Waals surface area contributed by atoms with E-state index in [0.717, 1.165) is 5.56 Å². The summed E-state index contributed by atoms with van der Waals surface area (Å²) >= 11 is 0. The van der Waals surface area contributed by atoms with E-state index in [1.807, 2.05) is 58.9 Å². The van der Waals surface area contributed by atoms with Gasteiger partial charge in [-0.2, -0.15) is 0 Å². The van der Waals surface area contributed by atoms with Crippen LogP contribution in [0, 0.1) is 6.92 Å². The minimum absolute atomic E-state index is 0.562. The molecule has 2 rings (SSSR count). The zero-order valence-corrected chi connectivity index (χ0v) is 11.9. The maximum absolute atomic E-state index is 12.7. The van der Waals surface area contributed by atoms with E-state index in [1.54, 1.807) is 0 Å². The maximum Gasteiger partial charge on any atom is 0.362 e. The highest BCUT2D eigenvalue weighted by molar-refractivity contribution is 7.62.